The van der Waals surface area contributed by atoms with Crippen molar-refractivity contribution < 1.29 is 4.79 Å². The monoisotopic (exact) mass is 200 g/mol. The third-order valence-electron chi connectivity index (χ3n) is 1.82. The summed E-state index contributed by atoms with van der Waals surface area (Å²) in [4.78, 5) is 14.6. The van der Waals surface area contributed by atoms with Crippen molar-refractivity contribution in [2.45, 2.75) is 17.5 Å². The molecule has 0 aliphatic rings. The molecular weight excluding hydrogens is 188 g/mol. The molecule has 13 heavy (non-hydrogen) atoms. The van der Waals surface area contributed by atoms with Crippen molar-refractivity contribution in [1.29, 1.82) is 0 Å². The minimum Gasteiger partial charge on any atom is -0.368 e. The summed E-state index contributed by atoms with van der Waals surface area (Å²) >= 11 is 4.12. The minimum absolute atomic E-state index is 0.366. The van der Waals surface area contributed by atoms with Gasteiger partial charge < -0.3 is 16.0 Å². The third-order valence-corrected chi connectivity index (χ3v) is 2.19. The Kier molecular flexibility index (Phi) is 2.94. The van der Waals surface area contributed by atoms with Crippen LogP contribution in [0.1, 0.15) is 5.69 Å². The highest BCUT2D eigenvalue weighted by Gasteiger charge is 2.14. The van der Waals surface area contributed by atoms with Gasteiger partial charge in [0, 0.05) is 13.5 Å². The maximum absolute atomic E-state index is 10.7. The molecule has 0 radical (unpaired) electrons. The van der Waals surface area contributed by atoms with Gasteiger partial charge in [0.25, 0.3) is 0 Å². The van der Waals surface area contributed by atoms with Crippen LogP contribution in [0.25, 0.3) is 0 Å². The number of amides is 1. The second kappa shape index (κ2) is 3.80. The molecule has 1 heterocycles. The van der Waals surface area contributed by atoms with E-state index >= 15 is 0 Å². The Bertz CT molecular complexity index is 303. The van der Waals surface area contributed by atoms with E-state index in [1.165, 1.54) is 0 Å². The van der Waals surface area contributed by atoms with Gasteiger partial charge in [-0.25, -0.2) is 4.98 Å². The van der Waals surface area contributed by atoms with Crippen molar-refractivity contribution in [3.05, 3.63) is 12.0 Å². The normalized spacial score (nSPS) is 12.8. The van der Waals surface area contributed by atoms with E-state index in [0.717, 1.165) is 5.69 Å². The number of nitrogens with zero attached hydrogens (tertiary/aromatic N) is 2. The molecule has 0 fully saturated rings. The van der Waals surface area contributed by atoms with Crippen LogP contribution in [0, 0.1) is 0 Å². The molecule has 72 valence electrons. The molecular formula is C7H12N4OS. The molecule has 0 spiro atoms. The van der Waals surface area contributed by atoms with E-state index in [2.05, 4.69) is 17.6 Å². The number of aryl methyl sites for hydroxylation is 1. The fraction of sp³-hybridized carbons (Fsp3) is 0.429. The number of nitrogens with two attached hydrogens (primary N) is 2. The molecule has 1 rings (SSSR count). The SMILES string of the molecule is Cn1cnc(S)c1CC(N)C(N)=O. The lowest BCUT2D eigenvalue weighted by Crippen LogP contribution is -2.38. The van der Waals surface area contributed by atoms with Gasteiger partial charge in [-0.2, -0.15) is 0 Å². The van der Waals surface area contributed by atoms with Crippen LogP contribution in [-0.2, 0) is 18.3 Å². The van der Waals surface area contributed by atoms with Crippen molar-refractivity contribution in [2.75, 3.05) is 0 Å². The number of hydrogen-bond donors (Lipinski definition) is 3. The molecule has 1 unspecified atom stereocenters. The lowest BCUT2D eigenvalue weighted by molar-refractivity contribution is -0.119. The molecule has 6 heteroatoms. The summed E-state index contributed by atoms with van der Waals surface area (Å²) in [6.07, 6.45) is 1.98. The lowest BCUT2D eigenvalue weighted by Gasteiger charge is -2.07. The summed E-state index contributed by atoms with van der Waals surface area (Å²) in [5, 5.41) is 0.583. The van der Waals surface area contributed by atoms with E-state index in [9.17, 15) is 4.79 Å². The van der Waals surface area contributed by atoms with E-state index < -0.39 is 11.9 Å². The quantitative estimate of drug-likeness (QED) is 0.551. The average molecular weight is 200 g/mol. The first-order chi connectivity index (χ1) is 6.02. The molecule has 1 amide bonds. The van der Waals surface area contributed by atoms with Gasteiger partial charge in [-0.15, -0.1) is 12.6 Å². The minimum atomic E-state index is -0.679. The highest BCUT2D eigenvalue weighted by atomic mass is 32.1. The Balaban J connectivity index is 2.79. The van der Waals surface area contributed by atoms with Crippen LogP contribution in [0.15, 0.2) is 11.4 Å². The van der Waals surface area contributed by atoms with Gasteiger partial charge in [-0.3, -0.25) is 4.79 Å². The van der Waals surface area contributed by atoms with E-state index in [4.69, 9.17) is 11.5 Å². The summed E-state index contributed by atoms with van der Waals surface area (Å²) in [6.45, 7) is 0. The Morgan fingerprint density at radius 2 is 2.46 bits per heavy atom. The molecule has 1 atom stereocenters. The zero-order chi connectivity index (χ0) is 10.0. The summed E-state index contributed by atoms with van der Waals surface area (Å²) in [5.41, 5.74) is 11.3. The predicted octanol–water partition coefficient (Wildman–Crippen LogP) is -0.936. The Morgan fingerprint density at radius 1 is 1.85 bits per heavy atom. The number of hydrogen-bond acceptors (Lipinski definition) is 4. The second-order valence-electron chi connectivity index (χ2n) is 2.84. The number of thiol groups is 1. The first-order valence-corrected chi connectivity index (χ1v) is 4.21. The molecule has 5 nitrogen and oxygen atoms in total. The van der Waals surface area contributed by atoms with Crippen molar-refractivity contribution in [1.82, 2.24) is 9.55 Å². The van der Waals surface area contributed by atoms with E-state index in [1.807, 2.05) is 7.05 Å². The molecule has 0 aliphatic carbocycles. The molecule has 0 aromatic carbocycles. The number of rotatable bonds is 3. The standard InChI is InChI=1S/C7H12N4OS/c1-11-3-10-7(13)5(11)2-4(8)6(9)12/h3-4,13H,2,8H2,1H3,(H2,9,12). The van der Waals surface area contributed by atoms with Crippen LogP contribution in [0.5, 0.6) is 0 Å². The number of primary amides is 1. The topological polar surface area (TPSA) is 86.9 Å². The van der Waals surface area contributed by atoms with Crippen molar-refractivity contribution >= 4 is 18.5 Å². The highest BCUT2D eigenvalue weighted by molar-refractivity contribution is 7.80. The van der Waals surface area contributed by atoms with Crippen molar-refractivity contribution in [3.63, 3.8) is 0 Å². The van der Waals surface area contributed by atoms with Gasteiger partial charge in [0.05, 0.1) is 18.1 Å². The Hall–Kier alpha value is -1.01. The fourth-order valence-electron chi connectivity index (χ4n) is 0.987. The molecule has 0 saturated heterocycles. The number of aromatic nitrogens is 2. The summed E-state index contributed by atoms with van der Waals surface area (Å²) in [5.74, 6) is -0.520. The van der Waals surface area contributed by atoms with Gasteiger partial charge >= 0.3 is 0 Å². The van der Waals surface area contributed by atoms with Crippen LogP contribution >= 0.6 is 12.6 Å². The van der Waals surface area contributed by atoms with E-state index in [-0.39, 0.29) is 0 Å². The zero-order valence-electron chi connectivity index (χ0n) is 7.27. The highest BCUT2D eigenvalue weighted by Crippen LogP contribution is 2.11. The van der Waals surface area contributed by atoms with Crippen molar-refractivity contribution in [3.8, 4) is 0 Å². The number of carbonyl (C=O) groups excluding carboxylic acids is 1. The summed E-state index contributed by atoms with van der Waals surface area (Å²) < 4.78 is 1.77. The van der Waals surface area contributed by atoms with E-state index in [0.29, 0.717) is 11.4 Å². The second-order valence-corrected chi connectivity index (χ2v) is 3.26. The lowest BCUT2D eigenvalue weighted by atomic mass is 10.2. The van der Waals surface area contributed by atoms with Crippen LogP contribution in [0.3, 0.4) is 0 Å². The van der Waals surface area contributed by atoms with Gasteiger partial charge in [0.2, 0.25) is 5.91 Å². The van der Waals surface area contributed by atoms with Crippen molar-refractivity contribution in [2.24, 2.45) is 18.5 Å². The van der Waals surface area contributed by atoms with Gasteiger partial charge in [-0.1, -0.05) is 0 Å². The molecule has 4 N–H and O–H groups in total. The molecule has 0 aliphatic heterocycles. The van der Waals surface area contributed by atoms with Gasteiger partial charge in [0.15, 0.2) is 0 Å². The maximum Gasteiger partial charge on any atom is 0.234 e. The molecule has 1 aromatic heterocycles. The van der Waals surface area contributed by atoms with Crippen LogP contribution in [-0.4, -0.2) is 21.5 Å². The fourth-order valence-corrected chi connectivity index (χ4v) is 1.29. The van der Waals surface area contributed by atoms with Crippen LogP contribution < -0.4 is 11.5 Å². The van der Waals surface area contributed by atoms with E-state index in [1.54, 1.807) is 10.9 Å². The largest absolute Gasteiger partial charge is 0.368 e. The summed E-state index contributed by atoms with van der Waals surface area (Å²) in [6, 6.07) is -0.679. The maximum atomic E-state index is 10.7. The van der Waals surface area contributed by atoms with Gasteiger partial charge in [0.1, 0.15) is 5.03 Å². The number of carbonyl (C=O) groups is 1. The van der Waals surface area contributed by atoms with Crippen LogP contribution in [0.2, 0.25) is 0 Å². The first kappa shape index (κ1) is 10.1. The molecule has 0 bridgehead atoms. The Morgan fingerprint density at radius 3 is 2.85 bits per heavy atom. The number of imidazole rings is 1. The Labute approximate surface area is 81.5 Å². The molecule has 1 aromatic rings. The van der Waals surface area contributed by atoms with Crippen LogP contribution in [0.4, 0.5) is 0 Å². The van der Waals surface area contributed by atoms with Gasteiger partial charge in [-0.05, 0) is 0 Å². The average Bonchev–Trinajstić information content (AvgIpc) is 2.35. The zero-order valence-corrected chi connectivity index (χ0v) is 8.16. The third kappa shape index (κ3) is 2.22. The summed E-state index contributed by atoms with van der Waals surface area (Å²) in [7, 11) is 1.82. The predicted molar refractivity (Wildman–Crippen MR) is 51.3 cm³/mol. The smallest absolute Gasteiger partial charge is 0.234 e. The molecule has 0 saturated carbocycles. The first-order valence-electron chi connectivity index (χ1n) is 3.76.